The van der Waals surface area contributed by atoms with Crippen LogP contribution in [-0.4, -0.2) is 56.3 Å². The van der Waals surface area contributed by atoms with Gasteiger partial charge in [-0.2, -0.15) is 4.31 Å². The van der Waals surface area contributed by atoms with E-state index in [9.17, 15) is 13.2 Å². The van der Waals surface area contributed by atoms with Gasteiger partial charge in [-0.25, -0.2) is 8.42 Å². The topological polar surface area (TPSA) is 83.7 Å². The fraction of sp³-hybridized carbons (Fsp3) is 0.533. The molecule has 0 unspecified atom stereocenters. The fourth-order valence-corrected chi connectivity index (χ4v) is 3.83. The Labute approximate surface area is 144 Å². The minimum atomic E-state index is -3.48. The van der Waals surface area contributed by atoms with Crippen LogP contribution in [0.1, 0.15) is 13.8 Å². The van der Waals surface area contributed by atoms with Crippen molar-refractivity contribution in [2.75, 3.05) is 32.7 Å². The quantitative estimate of drug-likeness (QED) is 0.864. The molecule has 1 aliphatic rings. The molecule has 1 fully saturated rings. The second-order valence-electron chi connectivity index (χ2n) is 6.10. The third kappa shape index (κ3) is 4.23. The summed E-state index contributed by atoms with van der Waals surface area (Å²) < 4.78 is 26.5. The molecule has 2 rings (SSSR count). The van der Waals surface area contributed by atoms with E-state index in [1.54, 1.807) is 35.2 Å². The summed E-state index contributed by atoms with van der Waals surface area (Å²) in [4.78, 5) is 14.3. The van der Waals surface area contributed by atoms with Gasteiger partial charge >= 0.3 is 0 Å². The second kappa shape index (κ2) is 7.61. The largest absolute Gasteiger partial charge is 0.340 e. The molecule has 0 atom stereocenters. The summed E-state index contributed by atoms with van der Waals surface area (Å²) in [5, 5.41) is 0. The molecule has 2 N–H and O–H groups in total. The maximum Gasteiger partial charge on any atom is 0.243 e. The van der Waals surface area contributed by atoms with Gasteiger partial charge in [0.15, 0.2) is 0 Å². The fourth-order valence-electron chi connectivity index (χ4n) is 2.39. The first-order valence-electron chi connectivity index (χ1n) is 7.34. The molecule has 0 saturated carbocycles. The molecule has 0 aliphatic carbocycles. The Bertz CT molecular complexity index is 627. The molecule has 1 saturated heterocycles. The molecule has 1 aliphatic heterocycles. The lowest BCUT2D eigenvalue weighted by molar-refractivity contribution is -0.141. The van der Waals surface area contributed by atoms with Crippen molar-refractivity contribution >= 4 is 28.3 Å². The summed E-state index contributed by atoms with van der Waals surface area (Å²) in [5.41, 5.74) is 5.02. The summed E-state index contributed by atoms with van der Waals surface area (Å²) in [7, 11) is -3.48. The second-order valence-corrected chi connectivity index (χ2v) is 8.04. The Balaban J connectivity index is 0.00000264. The third-order valence-electron chi connectivity index (χ3n) is 4.00. The van der Waals surface area contributed by atoms with Crippen LogP contribution in [0.25, 0.3) is 0 Å². The zero-order chi connectivity index (χ0) is 16.4. The molecule has 1 amide bonds. The van der Waals surface area contributed by atoms with E-state index < -0.39 is 15.4 Å². The molecule has 8 heteroatoms. The van der Waals surface area contributed by atoms with Gasteiger partial charge in [0.05, 0.1) is 10.3 Å². The van der Waals surface area contributed by atoms with E-state index in [-0.39, 0.29) is 29.8 Å². The van der Waals surface area contributed by atoms with Gasteiger partial charge in [0.1, 0.15) is 0 Å². The van der Waals surface area contributed by atoms with Crippen LogP contribution in [0, 0.1) is 5.41 Å². The van der Waals surface area contributed by atoms with Crippen molar-refractivity contribution in [1.82, 2.24) is 9.21 Å². The summed E-state index contributed by atoms with van der Waals surface area (Å²) in [6, 6.07) is 8.37. The number of nitrogens with two attached hydrogens (primary N) is 1. The highest BCUT2D eigenvalue weighted by Crippen LogP contribution is 2.21. The maximum absolute atomic E-state index is 12.5. The summed E-state index contributed by atoms with van der Waals surface area (Å²) in [6.45, 7) is 5.30. The van der Waals surface area contributed by atoms with Crippen LogP contribution in [0.2, 0.25) is 0 Å². The smallest absolute Gasteiger partial charge is 0.243 e. The van der Waals surface area contributed by atoms with Gasteiger partial charge in [-0.15, -0.1) is 12.4 Å². The minimum Gasteiger partial charge on any atom is -0.340 e. The van der Waals surface area contributed by atoms with Crippen molar-refractivity contribution in [1.29, 1.82) is 0 Å². The lowest BCUT2D eigenvalue weighted by atomic mass is 9.91. The van der Waals surface area contributed by atoms with Crippen LogP contribution < -0.4 is 5.73 Å². The van der Waals surface area contributed by atoms with Crippen LogP contribution in [0.15, 0.2) is 35.2 Å². The molecule has 6 nitrogen and oxygen atoms in total. The molecule has 1 aromatic carbocycles. The standard InChI is InChI=1S/C15H23N3O3S.ClH/c1-15(2,12-16)14(19)17-8-10-18(11-9-17)22(20,21)13-6-4-3-5-7-13;/h3-7H,8-12,16H2,1-2H3;1H. The van der Waals surface area contributed by atoms with Gasteiger partial charge in [-0.1, -0.05) is 18.2 Å². The third-order valence-corrected chi connectivity index (χ3v) is 5.91. The van der Waals surface area contributed by atoms with Gasteiger partial charge < -0.3 is 10.6 Å². The Hall–Kier alpha value is -1.15. The molecular formula is C15H24ClN3O3S. The van der Waals surface area contributed by atoms with E-state index in [0.29, 0.717) is 26.2 Å². The Morgan fingerprint density at radius 2 is 1.65 bits per heavy atom. The van der Waals surface area contributed by atoms with Crippen LogP contribution >= 0.6 is 12.4 Å². The van der Waals surface area contributed by atoms with E-state index >= 15 is 0 Å². The molecule has 0 spiro atoms. The number of amides is 1. The van der Waals surface area contributed by atoms with E-state index in [2.05, 4.69) is 0 Å². The number of hydrogen-bond donors (Lipinski definition) is 1. The average molecular weight is 362 g/mol. The van der Waals surface area contributed by atoms with Crippen molar-refractivity contribution in [3.05, 3.63) is 30.3 Å². The number of nitrogens with zero attached hydrogens (tertiary/aromatic N) is 2. The lowest BCUT2D eigenvalue weighted by Gasteiger charge is -2.37. The number of piperazine rings is 1. The molecule has 0 radical (unpaired) electrons. The summed E-state index contributed by atoms with van der Waals surface area (Å²) in [5.74, 6) is -0.0215. The number of halogens is 1. The number of sulfonamides is 1. The highest BCUT2D eigenvalue weighted by Gasteiger charge is 2.35. The van der Waals surface area contributed by atoms with Gasteiger partial charge in [-0.05, 0) is 26.0 Å². The average Bonchev–Trinajstić information content (AvgIpc) is 2.55. The van der Waals surface area contributed by atoms with Crippen LogP contribution in [0.3, 0.4) is 0 Å². The maximum atomic E-state index is 12.5. The van der Waals surface area contributed by atoms with Crippen molar-refractivity contribution in [3.8, 4) is 0 Å². The van der Waals surface area contributed by atoms with Crippen molar-refractivity contribution in [2.24, 2.45) is 11.1 Å². The van der Waals surface area contributed by atoms with Crippen LogP contribution in [0.4, 0.5) is 0 Å². The molecule has 1 aromatic rings. The molecule has 1 heterocycles. The number of carbonyl (C=O) groups is 1. The SMILES string of the molecule is CC(C)(CN)C(=O)N1CCN(S(=O)(=O)c2ccccc2)CC1.Cl. The molecule has 23 heavy (non-hydrogen) atoms. The highest BCUT2D eigenvalue weighted by atomic mass is 35.5. The minimum absolute atomic E-state index is 0. The predicted molar refractivity (Wildman–Crippen MR) is 91.9 cm³/mol. The lowest BCUT2D eigenvalue weighted by Crippen LogP contribution is -2.54. The van der Waals surface area contributed by atoms with Gasteiger partial charge in [0, 0.05) is 32.7 Å². The van der Waals surface area contributed by atoms with Crippen molar-refractivity contribution in [2.45, 2.75) is 18.7 Å². The van der Waals surface area contributed by atoms with E-state index in [1.165, 1.54) is 4.31 Å². The van der Waals surface area contributed by atoms with Crippen LogP contribution in [0.5, 0.6) is 0 Å². The van der Waals surface area contributed by atoms with Gasteiger partial charge in [-0.3, -0.25) is 4.79 Å². The summed E-state index contributed by atoms with van der Waals surface area (Å²) in [6.07, 6.45) is 0. The number of benzene rings is 1. The molecular weight excluding hydrogens is 338 g/mol. The van der Waals surface area contributed by atoms with Gasteiger partial charge in [0.25, 0.3) is 0 Å². The van der Waals surface area contributed by atoms with Crippen molar-refractivity contribution in [3.63, 3.8) is 0 Å². The molecule has 0 bridgehead atoms. The Morgan fingerprint density at radius 3 is 2.13 bits per heavy atom. The zero-order valence-corrected chi connectivity index (χ0v) is 15.1. The number of carbonyl (C=O) groups excluding carboxylic acids is 1. The number of hydrogen-bond acceptors (Lipinski definition) is 4. The monoisotopic (exact) mass is 361 g/mol. The van der Waals surface area contributed by atoms with E-state index in [1.807, 2.05) is 13.8 Å². The normalized spacial score (nSPS) is 16.7. The predicted octanol–water partition coefficient (Wildman–Crippen LogP) is 0.926. The first kappa shape index (κ1) is 19.9. The Kier molecular flexibility index (Phi) is 6.59. The first-order valence-corrected chi connectivity index (χ1v) is 8.78. The summed E-state index contributed by atoms with van der Waals surface area (Å²) >= 11 is 0. The molecule has 130 valence electrons. The molecule has 0 aromatic heterocycles. The first-order chi connectivity index (χ1) is 10.3. The zero-order valence-electron chi connectivity index (χ0n) is 13.4. The van der Waals surface area contributed by atoms with Crippen LogP contribution in [-0.2, 0) is 14.8 Å². The van der Waals surface area contributed by atoms with E-state index in [0.717, 1.165) is 0 Å². The highest BCUT2D eigenvalue weighted by molar-refractivity contribution is 7.89. The van der Waals surface area contributed by atoms with E-state index in [4.69, 9.17) is 5.73 Å². The van der Waals surface area contributed by atoms with Crippen molar-refractivity contribution < 1.29 is 13.2 Å². The Morgan fingerprint density at radius 1 is 1.13 bits per heavy atom. The number of rotatable bonds is 4. The van der Waals surface area contributed by atoms with Gasteiger partial charge in [0.2, 0.25) is 15.9 Å².